The lowest BCUT2D eigenvalue weighted by molar-refractivity contribution is -0.120. The molecule has 0 spiro atoms. The maximum atomic E-state index is 13.3. The largest absolute Gasteiger partial charge is 0.490 e. The molecular weight excluding hydrogens is 254 g/mol. The second-order valence-electron chi connectivity index (χ2n) is 4.47. The third-order valence-corrected chi connectivity index (χ3v) is 2.46. The Morgan fingerprint density at radius 3 is 2.68 bits per heavy atom. The average molecular weight is 272 g/mol. The number of carbonyl (C=O) groups is 1. The van der Waals surface area contributed by atoms with E-state index in [0.717, 1.165) is 6.07 Å². The number of primary amides is 1. The lowest BCUT2D eigenvalue weighted by atomic mass is 10.2. The molecule has 0 aromatic heterocycles. The van der Waals surface area contributed by atoms with Crippen molar-refractivity contribution in [2.75, 3.05) is 6.61 Å². The van der Waals surface area contributed by atoms with Gasteiger partial charge < -0.3 is 15.8 Å². The highest BCUT2D eigenvalue weighted by Crippen LogP contribution is 2.19. The van der Waals surface area contributed by atoms with Gasteiger partial charge in [0, 0.05) is 12.5 Å². The van der Waals surface area contributed by atoms with Crippen LogP contribution >= 0.6 is 0 Å². The van der Waals surface area contributed by atoms with E-state index < -0.39 is 23.6 Å². The smallest absolute Gasteiger partial charge is 0.234 e. The molecule has 1 unspecified atom stereocenters. The summed E-state index contributed by atoms with van der Waals surface area (Å²) in [4.78, 5) is 11.2. The first-order chi connectivity index (χ1) is 8.91. The normalized spacial score (nSPS) is 12.5. The van der Waals surface area contributed by atoms with Gasteiger partial charge in [0.05, 0.1) is 12.6 Å². The van der Waals surface area contributed by atoms with Gasteiger partial charge in [-0.25, -0.2) is 4.39 Å². The minimum Gasteiger partial charge on any atom is -0.490 e. The molecule has 3 N–H and O–H groups in total. The van der Waals surface area contributed by atoms with Crippen LogP contribution in [0.15, 0.2) is 18.2 Å². The zero-order valence-electron chi connectivity index (χ0n) is 11.0. The summed E-state index contributed by atoms with van der Waals surface area (Å²) in [6.45, 7) is 3.82. The first-order valence-electron chi connectivity index (χ1n) is 6.04. The summed E-state index contributed by atoms with van der Waals surface area (Å²) in [6.07, 6.45) is 0.281. The Hall–Kier alpha value is -1.69. The van der Waals surface area contributed by atoms with Gasteiger partial charge in [0.1, 0.15) is 0 Å². The van der Waals surface area contributed by atoms with E-state index in [0.29, 0.717) is 0 Å². The van der Waals surface area contributed by atoms with E-state index >= 15 is 0 Å². The van der Waals surface area contributed by atoms with E-state index in [-0.39, 0.29) is 24.8 Å². The monoisotopic (exact) mass is 272 g/mol. The van der Waals surface area contributed by atoms with Crippen molar-refractivity contribution in [2.45, 2.75) is 32.4 Å². The number of amides is 1. The summed E-state index contributed by atoms with van der Waals surface area (Å²) in [5, 5.41) is 2.97. The van der Waals surface area contributed by atoms with Gasteiger partial charge >= 0.3 is 0 Å². The summed E-state index contributed by atoms with van der Waals surface area (Å²) in [5.41, 5.74) is 5.23. The van der Waals surface area contributed by atoms with Gasteiger partial charge in [-0.05, 0) is 12.1 Å². The van der Waals surface area contributed by atoms with Crippen molar-refractivity contribution in [1.82, 2.24) is 5.32 Å². The Bertz CT molecular complexity index is 439. The van der Waals surface area contributed by atoms with E-state index in [1.807, 2.05) is 13.8 Å². The third kappa shape index (κ3) is 4.82. The highest BCUT2D eigenvalue weighted by Gasteiger charge is 2.16. The maximum Gasteiger partial charge on any atom is 0.234 e. The Balaban J connectivity index is 2.52. The molecule has 1 amide bonds. The molecule has 106 valence electrons. The average Bonchev–Trinajstić information content (AvgIpc) is 2.32. The lowest BCUT2D eigenvalue weighted by Crippen LogP contribution is -2.45. The van der Waals surface area contributed by atoms with Crippen molar-refractivity contribution in [1.29, 1.82) is 0 Å². The summed E-state index contributed by atoms with van der Waals surface area (Å²) in [5.74, 6) is -2.68. The Labute approximate surface area is 110 Å². The summed E-state index contributed by atoms with van der Waals surface area (Å²) in [6, 6.07) is 3.22. The highest BCUT2D eigenvalue weighted by atomic mass is 19.2. The first-order valence-corrected chi connectivity index (χ1v) is 6.04. The van der Waals surface area contributed by atoms with E-state index in [1.54, 1.807) is 0 Å². The fourth-order valence-electron chi connectivity index (χ4n) is 1.59. The van der Waals surface area contributed by atoms with Crippen LogP contribution in [0.4, 0.5) is 8.78 Å². The van der Waals surface area contributed by atoms with Gasteiger partial charge in [0.25, 0.3) is 0 Å². The fraction of sp³-hybridized carbons (Fsp3) is 0.462. The third-order valence-electron chi connectivity index (χ3n) is 2.46. The zero-order valence-corrected chi connectivity index (χ0v) is 11.0. The van der Waals surface area contributed by atoms with Crippen LogP contribution in [0, 0.1) is 11.6 Å². The molecule has 19 heavy (non-hydrogen) atoms. The maximum absolute atomic E-state index is 13.3. The minimum atomic E-state index is -1.03. The molecular formula is C13H18F2N2O2. The van der Waals surface area contributed by atoms with Crippen molar-refractivity contribution in [3.63, 3.8) is 0 Å². The zero-order chi connectivity index (χ0) is 14.4. The molecule has 1 aromatic rings. The van der Waals surface area contributed by atoms with E-state index in [2.05, 4.69) is 5.32 Å². The lowest BCUT2D eigenvalue weighted by Gasteiger charge is -2.18. The van der Waals surface area contributed by atoms with Crippen LogP contribution in [0.5, 0.6) is 5.75 Å². The van der Waals surface area contributed by atoms with Gasteiger partial charge in [0.15, 0.2) is 11.6 Å². The Morgan fingerprint density at radius 2 is 2.11 bits per heavy atom. The number of hydrogen-bond donors (Lipinski definition) is 2. The molecule has 0 heterocycles. The minimum absolute atomic E-state index is 0.0632. The number of carbonyl (C=O) groups excluding carboxylic acids is 1. The molecule has 0 aliphatic carbocycles. The van der Waals surface area contributed by atoms with Crippen LogP contribution in [-0.4, -0.2) is 24.6 Å². The van der Waals surface area contributed by atoms with Gasteiger partial charge in [0.2, 0.25) is 11.7 Å². The standard InChI is InChI=1S/C13H18F2N2O2/c1-8(2)17-10(13(16)18)6-7-19-11-5-3-4-9(14)12(11)15/h3-5,8,10,17H,6-7H2,1-2H3,(H2,16,18). The molecule has 1 atom stereocenters. The topological polar surface area (TPSA) is 64.3 Å². The Kier molecular flexibility index (Phi) is 5.69. The molecule has 0 saturated heterocycles. The number of hydrogen-bond acceptors (Lipinski definition) is 3. The van der Waals surface area contributed by atoms with Crippen LogP contribution in [0.2, 0.25) is 0 Å². The SMILES string of the molecule is CC(C)NC(CCOc1cccc(F)c1F)C(N)=O. The van der Waals surface area contributed by atoms with Gasteiger partial charge in [-0.2, -0.15) is 4.39 Å². The van der Waals surface area contributed by atoms with E-state index in [1.165, 1.54) is 12.1 Å². The van der Waals surface area contributed by atoms with Crippen LogP contribution in [0.25, 0.3) is 0 Å². The number of halogens is 2. The number of benzene rings is 1. The van der Waals surface area contributed by atoms with Crippen LogP contribution in [0.1, 0.15) is 20.3 Å². The first kappa shape index (κ1) is 15.4. The quantitative estimate of drug-likeness (QED) is 0.792. The van der Waals surface area contributed by atoms with Crippen molar-refractivity contribution >= 4 is 5.91 Å². The molecule has 1 aromatic carbocycles. The number of rotatable bonds is 7. The molecule has 0 radical (unpaired) electrons. The number of nitrogens with one attached hydrogen (secondary N) is 1. The molecule has 6 heteroatoms. The second kappa shape index (κ2) is 7.04. The second-order valence-corrected chi connectivity index (χ2v) is 4.47. The van der Waals surface area contributed by atoms with Crippen molar-refractivity contribution < 1.29 is 18.3 Å². The predicted molar refractivity (Wildman–Crippen MR) is 67.7 cm³/mol. The van der Waals surface area contributed by atoms with Crippen LogP contribution < -0.4 is 15.8 Å². The molecule has 0 aliphatic rings. The van der Waals surface area contributed by atoms with Crippen molar-refractivity contribution in [2.24, 2.45) is 5.73 Å². The van der Waals surface area contributed by atoms with Gasteiger partial charge in [-0.3, -0.25) is 4.79 Å². The van der Waals surface area contributed by atoms with E-state index in [9.17, 15) is 13.6 Å². The molecule has 0 saturated carbocycles. The molecule has 0 aliphatic heterocycles. The molecule has 4 nitrogen and oxygen atoms in total. The van der Waals surface area contributed by atoms with Gasteiger partial charge in [-0.15, -0.1) is 0 Å². The van der Waals surface area contributed by atoms with Gasteiger partial charge in [-0.1, -0.05) is 19.9 Å². The number of nitrogens with two attached hydrogens (primary N) is 1. The van der Waals surface area contributed by atoms with Crippen molar-refractivity contribution in [3.8, 4) is 5.75 Å². The Morgan fingerprint density at radius 1 is 1.42 bits per heavy atom. The predicted octanol–water partition coefficient (Wildman–Crippen LogP) is 1.59. The summed E-state index contributed by atoms with van der Waals surface area (Å²) < 4.78 is 31.3. The fourth-order valence-corrected chi connectivity index (χ4v) is 1.59. The summed E-state index contributed by atoms with van der Waals surface area (Å²) >= 11 is 0. The highest BCUT2D eigenvalue weighted by molar-refractivity contribution is 5.79. The van der Waals surface area contributed by atoms with Crippen molar-refractivity contribution in [3.05, 3.63) is 29.8 Å². The van der Waals surface area contributed by atoms with Crippen LogP contribution in [-0.2, 0) is 4.79 Å². The summed E-state index contributed by atoms with van der Waals surface area (Å²) in [7, 11) is 0. The van der Waals surface area contributed by atoms with E-state index in [4.69, 9.17) is 10.5 Å². The molecule has 1 rings (SSSR count). The molecule has 0 bridgehead atoms. The van der Waals surface area contributed by atoms with Crippen LogP contribution in [0.3, 0.4) is 0 Å². The molecule has 0 fully saturated rings. The number of ether oxygens (including phenoxy) is 1.